The van der Waals surface area contributed by atoms with Crippen molar-refractivity contribution in [3.8, 4) is 0 Å². The molecule has 0 spiro atoms. The monoisotopic (exact) mass is 151 g/mol. The third-order valence-electron chi connectivity index (χ3n) is 1.83. The highest BCUT2D eigenvalue weighted by molar-refractivity contribution is 5.17. The lowest BCUT2D eigenvalue weighted by atomic mass is 10.2. The van der Waals surface area contributed by atoms with Gasteiger partial charge in [0.15, 0.2) is 0 Å². The molecule has 0 atom stereocenters. The van der Waals surface area contributed by atoms with Crippen molar-refractivity contribution < 1.29 is 0 Å². The maximum atomic E-state index is 11.2. The van der Waals surface area contributed by atoms with E-state index in [-0.39, 0.29) is 5.56 Å². The Balaban J connectivity index is 3.32. The smallest absolute Gasteiger partial charge is 0.253 e. The van der Waals surface area contributed by atoms with Crippen molar-refractivity contribution in [2.45, 2.75) is 20.3 Å². The summed E-state index contributed by atoms with van der Waals surface area (Å²) in [5.74, 6) is 0. The third kappa shape index (κ3) is 1.50. The van der Waals surface area contributed by atoms with E-state index in [0.29, 0.717) is 0 Å². The lowest BCUT2D eigenvalue weighted by Crippen LogP contribution is -2.18. The Labute approximate surface area is 66.5 Å². The lowest BCUT2D eigenvalue weighted by molar-refractivity contribution is 0.830. The molecule has 0 saturated carbocycles. The predicted octanol–water partition coefficient (Wildman–Crippen LogP) is 1.26. The van der Waals surface area contributed by atoms with Crippen molar-refractivity contribution >= 4 is 0 Å². The van der Waals surface area contributed by atoms with Crippen LogP contribution in [0.2, 0.25) is 0 Å². The van der Waals surface area contributed by atoms with Crippen LogP contribution in [0.3, 0.4) is 0 Å². The second-order valence-corrected chi connectivity index (χ2v) is 2.80. The number of aryl methyl sites for hydroxylation is 3. The third-order valence-corrected chi connectivity index (χ3v) is 1.83. The first-order valence-corrected chi connectivity index (χ1v) is 3.81. The fourth-order valence-corrected chi connectivity index (χ4v) is 1.16. The number of aromatic nitrogens is 1. The zero-order valence-electron chi connectivity index (χ0n) is 7.22. The maximum absolute atomic E-state index is 11.2. The molecule has 0 saturated heterocycles. The van der Waals surface area contributed by atoms with Crippen molar-refractivity contribution in [2.24, 2.45) is 7.05 Å². The largest absolute Gasteiger partial charge is 0.318 e. The first kappa shape index (κ1) is 8.05. The lowest BCUT2D eigenvalue weighted by Gasteiger charge is -2.02. The van der Waals surface area contributed by atoms with E-state index in [4.69, 9.17) is 0 Å². The summed E-state index contributed by atoms with van der Waals surface area (Å²) in [7, 11) is 1.79. The summed E-state index contributed by atoms with van der Waals surface area (Å²) in [5.41, 5.74) is 2.14. The van der Waals surface area contributed by atoms with Crippen LogP contribution in [-0.2, 0) is 13.5 Å². The predicted molar refractivity (Wildman–Crippen MR) is 45.8 cm³/mol. The number of hydrogen-bond acceptors (Lipinski definition) is 1. The zero-order chi connectivity index (χ0) is 8.43. The number of hydrogen-bond donors (Lipinski definition) is 0. The normalized spacial score (nSPS) is 10.1. The van der Waals surface area contributed by atoms with E-state index in [0.717, 1.165) is 12.0 Å². The Morgan fingerprint density at radius 2 is 2.18 bits per heavy atom. The molecule has 1 rings (SSSR count). The molecule has 0 N–H and O–H groups in total. The Bertz CT molecular complexity index is 286. The van der Waals surface area contributed by atoms with Gasteiger partial charge in [0.2, 0.25) is 0 Å². The summed E-state index contributed by atoms with van der Waals surface area (Å²) in [6.45, 7) is 3.93. The molecule has 0 aromatic carbocycles. The van der Waals surface area contributed by atoms with E-state index < -0.39 is 0 Å². The van der Waals surface area contributed by atoms with Crippen LogP contribution in [0.5, 0.6) is 0 Å². The van der Waals surface area contributed by atoms with Gasteiger partial charge in [0.25, 0.3) is 5.56 Å². The van der Waals surface area contributed by atoms with E-state index in [9.17, 15) is 4.79 Å². The van der Waals surface area contributed by atoms with Crippen LogP contribution < -0.4 is 5.56 Å². The zero-order valence-corrected chi connectivity index (χ0v) is 7.22. The van der Waals surface area contributed by atoms with Crippen LogP contribution in [0.1, 0.15) is 18.1 Å². The second kappa shape index (κ2) is 2.91. The molecule has 0 aliphatic heterocycles. The minimum atomic E-state index is 0.0993. The molecule has 1 aromatic rings. The van der Waals surface area contributed by atoms with Gasteiger partial charge in [-0.2, -0.15) is 0 Å². The Kier molecular flexibility index (Phi) is 2.13. The second-order valence-electron chi connectivity index (χ2n) is 2.80. The Morgan fingerprint density at radius 3 is 2.64 bits per heavy atom. The average molecular weight is 151 g/mol. The average Bonchev–Trinajstić information content (AvgIpc) is 1.99. The van der Waals surface area contributed by atoms with Crippen molar-refractivity contribution in [3.63, 3.8) is 0 Å². The summed E-state index contributed by atoms with van der Waals surface area (Å²) in [6, 6.07) is 1.95. The number of nitrogens with zero attached hydrogens (tertiary/aromatic N) is 1. The molecule has 0 amide bonds. The molecule has 0 unspecified atom stereocenters. The molecule has 0 bridgehead atoms. The molecule has 11 heavy (non-hydrogen) atoms. The van der Waals surface area contributed by atoms with Crippen LogP contribution in [0.15, 0.2) is 17.1 Å². The molecule has 1 aromatic heterocycles. The molecular formula is C9H13NO. The van der Waals surface area contributed by atoms with Gasteiger partial charge in [-0.25, -0.2) is 0 Å². The fraction of sp³-hybridized carbons (Fsp3) is 0.444. The van der Waals surface area contributed by atoms with Gasteiger partial charge in [0, 0.05) is 18.8 Å². The Morgan fingerprint density at radius 1 is 1.55 bits per heavy atom. The minimum absolute atomic E-state index is 0.0993. The quantitative estimate of drug-likeness (QED) is 0.592. The molecule has 0 aliphatic rings. The molecule has 0 fully saturated rings. The van der Waals surface area contributed by atoms with E-state index in [1.54, 1.807) is 11.6 Å². The van der Waals surface area contributed by atoms with Crippen LogP contribution in [0, 0.1) is 6.92 Å². The summed E-state index contributed by atoms with van der Waals surface area (Å²) in [4.78, 5) is 11.2. The minimum Gasteiger partial charge on any atom is -0.318 e. The van der Waals surface area contributed by atoms with Gasteiger partial charge in [-0.3, -0.25) is 4.79 Å². The molecule has 2 nitrogen and oxygen atoms in total. The molecular weight excluding hydrogens is 138 g/mol. The SMILES string of the molecule is CCc1cc(C)c(=O)n(C)c1. The summed E-state index contributed by atoms with van der Waals surface area (Å²) < 4.78 is 1.63. The van der Waals surface area contributed by atoms with Gasteiger partial charge in [-0.05, 0) is 25.0 Å². The van der Waals surface area contributed by atoms with E-state index in [1.165, 1.54) is 5.56 Å². The summed E-state index contributed by atoms with van der Waals surface area (Å²) in [5, 5.41) is 0. The molecule has 1 heterocycles. The topological polar surface area (TPSA) is 22.0 Å². The number of rotatable bonds is 1. The molecule has 2 heteroatoms. The van der Waals surface area contributed by atoms with Gasteiger partial charge < -0.3 is 4.57 Å². The summed E-state index contributed by atoms with van der Waals surface area (Å²) >= 11 is 0. The van der Waals surface area contributed by atoms with Gasteiger partial charge in [0.1, 0.15) is 0 Å². The number of pyridine rings is 1. The van der Waals surface area contributed by atoms with Crippen molar-refractivity contribution in [3.05, 3.63) is 33.7 Å². The fourth-order valence-electron chi connectivity index (χ4n) is 1.16. The van der Waals surface area contributed by atoms with Crippen LogP contribution >= 0.6 is 0 Å². The molecule has 0 radical (unpaired) electrons. The van der Waals surface area contributed by atoms with Gasteiger partial charge >= 0.3 is 0 Å². The maximum Gasteiger partial charge on any atom is 0.253 e. The van der Waals surface area contributed by atoms with Crippen molar-refractivity contribution in [2.75, 3.05) is 0 Å². The standard InChI is InChI=1S/C9H13NO/c1-4-8-5-7(2)9(11)10(3)6-8/h5-6H,4H2,1-3H3. The van der Waals surface area contributed by atoms with Crippen LogP contribution in [0.4, 0.5) is 0 Å². The highest BCUT2D eigenvalue weighted by Gasteiger charge is 1.97. The van der Waals surface area contributed by atoms with Crippen molar-refractivity contribution in [1.82, 2.24) is 4.57 Å². The van der Waals surface area contributed by atoms with Gasteiger partial charge in [-0.15, -0.1) is 0 Å². The molecule has 60 valence electrons. The van der Waals surface area contributed by atoms with Crippen LogP contribution in [-0.4, -0.2) is 4.57 Å². The Hall–Kier alpha value is -1.05. The van der Waals surface area contributed by atoms with E-state index in [2.05, 4.69) is 6.92 Å². The van der Waals surface area contributed by atoms with Gasteiger partial charge in [0.05, 0.1) is 0 Å². The summed E-state index contributed by atoms with van der Waals surface area (Å²) in [6.07, 6.45) is 2.87. The van der Waals surface area contributed by atoms with E-state index >= 15 is 0 Å². The van der Waals surface area contributed by atoms with Crippen LogP contribution in [0.25, 0.3) is 0 Å². The van der Waals surface area contributed by atoms with E-state index in [1.807, 2.05) is 19.2 Å². The first-order chi connectivity index (χ1) is 5.15. The van der Waals surface area contributed by atoms with Gasteiger partial charge in [-0.1, -0.05) is 6.92 Å². The molecule has 0 aliphatic carbocycles. The van der Waals surface area contributed by atoms with Crippen molar-refractivity contribution in [1.29, 1.82) is 0 Å². The first-order valence-electron chi connectivity index (χ1n) is 3.81. The highest BCUT2D eigenvalue weighted by atomic mass is 16.1. The highest BCUT2D eigenvalue weighted by Crippen LogP contribution is 1.98.